The molecule has 2 fully saturated rings. The van der Waals surface area contributed by atoms with E-state index < -0.39 is 0 Å². The normalized spacial score (nSPS) is 21.9. The van der Waals surface area contributed by atoms with Gasteiger partial charge in [0.05, 0.1) is 5.75 Å². The molecule has 2 aliphatic rings. The average Bonchev–Trinajstić information content (AvgIpc) is 3.45. The largest absolute Gasteiger partial charge is 0.335 e. The van der Waals surface area contributed by atoms with Crippen molar-refractivity contribution in [2.45, 2.75) is 88.4 Å². The van der Waals surface area contributed by atoms with Crippen molar-refractivity contribution >= 4 is 35.0 Å². The zero-order valence-electron chi connectivity index (χ0n) is 18.7. The number of nitrogens with zero attached hydrogens (tertiary/aromatic N) is 3. The molecule has 3 amide bonds. The van der Waals surface area contributed by atoms with E-state index in [0.717, 1.165) is 49.5 Å². The second-order valence-corrected chi connectivity index (χ2v) is 11.0. The molecule has 0 aromatic carbocycles. The molecule has 174 valence electrons. The smallest absolute Gasteiger partial charge is 0.321 e. The molecule has 2 N–H and O–H groups in total. The minimum atomic E-state index is -0.388. The van der Waals surface area contributed by atoms with E-state index >= 15 is 0 Å². The molecule has 2 aromatic rings. The SMILES string of the molecule is CC1CCCCC1NC(=O)NC(=O)CSc1nnc(Cc2cccs2)n1C1CCCCC1. The van der Waals surface area contributed by atoms with Crippen LogP contribution in [0.3, 0.4) is 0 Å². The Bertz CT molecular complexity index is 892. The molecule has 4 rings (SSSR count). The Morgan fingerprint density at radius 3 is 2.66 bits per heavy atom. The molecular weight excluding hydrogens is 442 g/mol. The fourth-order valence-corrected chi connectivity index (χ4v) is 6.36. The van der Waals surface area contributed by atoms with Crippen LogP contribution in [0.1, 0.15) is 81.5 Å². The Kier molecular flexibility index (Phi) is 8.24. The van der Waals surface area contributed by atoms with E-state index in [9.17, 15) is 9.59 Å². The number of aromatic nitrogens is 3. The number of urea groups is 1. The molecule has 0 bridgehead atoms. The minimum absolute atomic E-state index is 0.150. The molecule has 0 radical (unpaired) electrons. The van der Waals surface area contributed by atoms with Crippen LogP contribution in [0.2, 0.25) is 0 Å². The van der Waals surface area contributed by atoms with Crippen molar-refractivity contribution in [1.29, 1.82) is 0 Å². The topological polar surface area (TPSA) is 88.9 Å². The van der Waals surface area contributed by atoms with Crippen molar-refractivity contribution in [3.63, 3.8) is 0 Å². The zero-order chi connectivity index (χ0) is 22.3. The van der Waals surface area contributed by atoms with Crippen LogP contribution >= 0.6 is 23.1 Å². The number of hydrogen-bond donors (Lipinski definition) is 2. The van der Waals surface area contributed by atoms with Crippen molar-refractivity contribution in [3.8, 4) is 0 Å². The maximum Gasteiger partial charge on any atom is 0.321 e. The van der Waals surface area contributed by atoms with Gasteiger partial charge in [0.15, 0.2) is 5.16 Å². The van der Waals surface area contributed by atoms with Gasteiger partial charge in [0.2, 0.25) is 5.91 Å². The van der Waals surface area contributed by atoms with Crippen LogP contribution in [0.5, 0.6) is 0 Å². The molecule has 2 aromatic heterocycles. The van der Waals surface area contributed by atoms with E-state index in [1.807, 2.05) is 0 Å². The quantitative estimate of drug-likeness (QED) is 0.554. The number of rotatable bonds is 7. The lowest BCUT2D eigenvalue weighted by molar-refractivity contribution is -0.117. The molecule has 2 saturated carbocycles. The maximum absolute atomic E-state index is 12.5. The number of carbonyl (C=O) groups excluding carboxylic acids is 2. The summed E-state index contributed by atoms with van der Waals surface area (Å²) in [7, 11) is 0. The van der Waals surface area contributed by atoms with Crippen molar-refractivity contribution in [3.05, 3.63) is 28.2 Å². The molecule has 32 heavy (non-hydrogen) atoms. The van der Waals surface area contributed by atoms with Crippen LogP contribution in [0.4, 0.5) is 4.79 Å². The van der Waals surface area contributed by atoms with E-state index in [1.54, 1.807) is 11.3 Å². The van der Waals surface area contributed by atoms with Crippen LogP contribution in [-0.4, -0.2) is 38.5 Å². The van der Waals surface area contributed by atoms with E-state index in [-0.39, 0.29) is 23.7 Å². The molecule has 2 aliphatic carbocycles. The van der Waals surface area contributed by atoms with Crippen molar-refractivity contribution in [2.75, 3.05) is 5.75 Å². The van der Waals surface area contributed by atoms with Gasteiger partial charge in [-0.05, 0) is 43.0 Å². The second-order valence-electron chi connectivity index (χ2n) is 9.00. The van der Waals surface area contributed by atoms with Crippen LogP contribution in [0.25, 0.3) is 0 Å². The third kappa shape index (κ3) is 6.13. The van der Waals surface area contributed by atoms with Crippen LogP contribution in [0.15, 0.2) is 22.7 Å². The highest BCUT2D eigenvalue weighted by molar-refractivity contribution is 7.99. The molecule has 2 atom stereocenters. The maximum atomic E-state index is 12.5. The summed E-state index contributed by atoms with van der Waals surface area (Å²) in [6.07, 6.45) is 11.2. The summed E-state index contributed by atoms with van der Waals surface area (Å²) < 4.78 is 2.25. The number of thioether (sulfide) groups is 1. The molecule has 2 heterocycles. The van der Waals surface area contributed by atoms with E-state index in [4.69, 9.17) is 0 Å². The summed E-state index contributed by atoms with van der Waals surface area (Å²) in [6, 6.07) is 4.33. The van der Waals surface area contributed by atoms with E-state index in [1.165, 1.54) is 42.3 Å². The Balaban J connectivity index is 1.36. The lowest BCUT2D eigenvalue weighted by Gasteiger charge is -2.29. The standard InChI is InChI=1S/C23H33N5O2S2/c1-16-8-5-6-12-19(16)24-22(30)25-21(29)15-32-23-27-26-20(14-18-11-7-13-31-18)28(23)17-9-3-2-4-10-17/h7,11,13,16-17,19H,2-6,8-10,12,14-15H2,1H3,(H2,24,25,29,30). The molecule has 2 unspecified atom stereocenters. The predicted octanol–water partition coefficient (Wildman–Crippen LogP) is 4.93. The summed E-state index contributed by atoms with van der Waals surface area (Å²) in [6.45, 7) is 2.16. The summed E-state index contributed by atoms with van der Waals surface area (Å²) in [5.74, 6) is 1.27. The number of thiophene rings is 1. The third-order valence-corrected chi connectivity index (χ3v) is 8.42. The predicted molar refractivity (Wildman–Crippen MR) is 128 cm³/mol. The molecule has 0 aliphatic heterocycles. The van der Waals surface area contributed by atoms with Gasteiger partial charge in [0, 0.05) is 23.4 Å². The van der Waals surface area contributed by atoms with E-state index in [0.29, 0.717) is 12.0 Å². The first kappa shape index (κ1) is 23.3. The number of hydrogen-bond acceptors (Lipinski definition) is 6. The van der Waals surface area contributed by atoms with Gasteiger partial charge in [0.25, 0.3) is 0 Å². The molecule has 0 spiro atoms. The van der Waals surface area contributed by atoms with Crippen LogP contribution in [-0.2, 0) is 11.2 Å². The average molecular weight is 476 g/mol. The first-order chi connectivity index (χ1) is 15.6. The Hall–Kier alpha value is -1.87. The van der Waals surface area contributed by atoms with Crippen LogP contribution < -0.4 is 10.6 Å². The number of amides is 3. The second kappa shape index (κ2) is 11.3. The molecule has 0 saturated heterocycles. The summed E-state index contributed by atoms with van der Waals surface area (Å²) in [5.41, 5.74) is 0. The van der Waals surface area contributed by atoms with Gasteiger partial charge in [-0.25, -0.2) is 4.79 Å². The molecule has 7 nitrogen and oxygen atoms in total. The van der Waals surface area contributed by atoms with E-state index in [2.05, 4.69) is 49.8 Å². The molecular formula is C23H33N5O2S2. The highest BCUT2D eigenvalue weighted by Gasteiger charge is 2.25. The highest BCUT2D eigenvalue weighted by Crippen LogP contribution is 2.33. The van der Waals surface area contributed by atoms with Crippen LogP contribution in [0, 0.1) is 5.92 Å². The molecule has 9 heteroatoms. The Morgan fingerprint density at radius 1 is 1.12 bits per heavy atom. The summed E-state index contributed by atoms with van der Waals surface area (Å²) in [5, 5.41) is 17.2. The monoisotopic (exact) mass is 475 g/mol. The highest BCUT2D eigenvalue weighted by atomic mass is 32.2. The van der Waals surface area contributed by atoms with Gasteiger partial charge in [-0.2, -0.15) is 0 Å². The van der Waals surface area contributed by atoms with Gasteiger partial charge in [-0.1, -0.05) is 56.9 Å². The lowest BCUT2D eigenvalue weighted by atomic mass is 9.86. The Labute approximate surface area is 198 Å². The zero-order valence-corrected chi connectivity index (χ0v) is 20.3. The number of carbonyl (C=O) groups is 2. The van der Waals surface area contributed by atoms with Gasteiger partial charge in [-0.3, -0.25) is 10.1 Å². The summed E-state index contributed by atoms with van der Waals surface area (Å²) >= 11 is 3.10. The summed E-state index contributed by atoms with van der Waals surface area (Å²) in [4.78, 5) is 26.0. The lowest BCUT2D eigenvalue weighted by Crippen LogP contribution is -2.48. The van der Waals surface area contributed by atoms with Crippen molar-refractivity contribution in [2.24, 2.45) is 5.92 Å². The minimum Gasteiger partial charge on any atom is -0.335 e. The fraction of sp³-hybridized carbons (Fsp3) is 0.652. The van der Waals surface area contributed by atoms with Gasteiger partial charge < -0.3 is 9.88 Å². The number of imide groups is 1. The van der Waals surface area contributed by atoms with Crippen molar-refractivity contribution < 1.29 is 9.59 Å². The number of nitrogens with one attached hydrogen (secondary N) is 2. The fourth-order valence-electron chi connectivity index (χ4n) is 4.83. The van der Waals surface area contributed by atoms with Gasteiger partial charge in [-0.15, -0.1) is 21.5 Å². The first-order valence-electron chi connectivity index (χ1n) is 11.8. The van der Waals surface area contributed by atoms with Gasteiger partial charge in [0.1, 0.15) is 5.82 Å². The third-order valence-electron chi connectivity index (χ3n) is 6.60. The van der Waals surface area contributed by atoms with Crippen molar-refractivity contribution in [1.82, 2.24) is 25.4 Å². The Morgan fingerprint density at radius 2 is 1.91 bits per heavy atom. The van der Waals surface area contributed by atoms with Gasteiger partial charge >= 0.3 is 6.03 Å². The first-order valence-corrected chi connectivity index (χ1v) is 13.7.